The van der Waals surface area contributed by atoms with Crippen molar-refractivity contribution < 1.29 is 43.7 Å². The molecule has 7 rings (SSSR count). The number of carboxylic acids is 1. The van der Waals surface area contributed by atoms with Crippen LogP contribution in [0.2, 0.25) is 10.0 Å². The molecule has 2 aliphatic heterocycles. The van der Waals surface area contributed by atoms with Gasteiger partial charge in [0, 0.05) is 29.5 Å². The van der Waals surface area contributed by atoms with E-state index in [1.165, 1.54) is 26.4 Å². The molecule has 2 saturated heterocycles. The first kappa shape index (κ1) is 35.3. The van der Waals surface area contributed by atoms with E-state index in [0.29, 0.717) is 21.9 Å². The summed E-state index contributed by atoms with van der Waals surface area (Å²) in [4.78, 5) is 70.5. The summed E-state index contributed by atoms with van der Waals surface area (Å²) in [5, 5.41) is 22.3. The molecule has 14 heteroatoms. The number of phenols is 1. The average Bonchev–Trinajstić information content (AvgIpc) is 3.49. The average molecular weight is 749 g/mol. The molecule has 0 aromatic heterocycles. The fourth-order valence-electron chi connectivity index (χ4n) is 8.83. The highest BCUT2D eigenvalue weighted by atomic mass is 35.5. The van der Waals surface area contributed by atoms with Crippen LogP contribution < -0.4 is 14.9 Å². The molecule has 2 aliphatic carbocycles. The molecule has 0 bridgehead atoms. The van der Waals surface area contributed by atoms with E-state index >= 15 is 4.79 Å². The molecule has 12 nitrogen and oxygen atoms in total. The Kier molecular flexibility index (Phi) is 9.16. The monoisotopic (exact) mass is 747 g/mol. The molecule has 3 fully saturated rings. The third-order valence-electron chi connectivity index (χ3n) is 11.0. The molecule has 2 heterocycles. The van der Waals surface area contributed by atoms with Gasteiger partial charge in [-0.05, 0) is 73.2 Å². The Morgan fingerprint density at radius 2 is 1.71 bits per heavy atom. The van der Waals surface area contributed by atoms with Crippen molar-refractivity contribution >= 4 is 58.5 Å². The van der Waals surface area contributed by atoms with E-state index in [2.05, 4.69) is 5.43 Å². The summed E-state index contributed by atoms with van der Waals surface area (Å²) in [7, 11) is 2.95. The first-order chi connectivity index (χ1) is 24.9. The van der Waals surface area contributed by atoms with E-state index < -0.39 is 64.6 Å². The van der Waals surface area contributed by atoms with Crippen molar-refractivity contribution in [3.05, 3.63) is 93.5 Å². The summed E-state index contributed by atoms with van der Waals surface area (Å²) in [6.45, 7) is -0.0497. The number of likely N-dealkylation sites (tertiary alicyclic amines) is 1. The molecule has 270 valence electrons. The van der Waals surface area contributed by atoms with Gasteiger partial charge in [-0.2, -0.15) is 5.01 Å². The van der Waals surface area contributed by atoms with Gasteiger partial charge in [0.15, 0.2) is 0 Å². The van der Waals surface area contributed by atoms with Gasteiger partial charge in [-0.1, -0.05) is 53.1 Å². The van der Waals surface area contributed by atoms with Crippen molar-refractivity contribution in [2.24, 2.45) is 23.7 Å². The first-order valence-corrected chi connectivity index (χ1v) is 17.6. The van der Waals surface area contributed by atoms with Crippen molar-refractivity contribution in [3.63, 3.8) is 0 Å². The molecule has 0 radical (unpaired) electrons. The number of nitrogens with zero attached hydrogens (tertiary/aromatic N) is 2. The minimum Gasteiger partial charge on any atom is -0.508 e. The molecular weight excluding hydrogens is 713 g/mol. The lowest BCUT2D eigenvalue weighted by atomic mass is 9.49. The minimum absolute atomic E-state index is 0.0184. The van der Waals surface area contributed by atoms with Crippen LogP contribution in [0.5, 0.6) is 17.2 Å². The van der Waals surface area contributed by atoms with Crippen LogP contribution in [-0.4, -0.2) is 70.5 Å². The molecule has 1 saturated carbocycles. The number of methoxy groups -OCH3 is 2. The van der Waals surface area contributed by atoms with Crippen molar-refractivity contribution in [1.82, 2.24) is 9.91 Å². The van der Waals surface area contributed by atoms with Crippen molar-refractivity contribution in [2.45, 2.75) is 37.0 Å². The van der Waals surface area contributed by atoms with Gasteiger partial charge >= 0.3 is 5.97 Å². The zero-order valence-corrected chi connectivity index (χ0v) is 29.7. The van der Waals surface area contributed by atoms with Crippen LogP contribution >= 0.6 is 23.2 Å². The molecule has 4 amide bonds. The fourth-order valence-corrected chi connectivity index (χ4v) is 9.28. The fraction of sp³-hybridized carbons (Fsp3) is 0.342. The van der Waals surface area contributed by atoms with Gasteiger partial charge in [-0.3, -0.25) is 34.3 Å². The SMILES string of the molecule is COc1ccc([C@@]23C(=O)N(Nc4ccc(Cl)cc4Cl)C(=O)[C@@H]2C[C@@H]2C(=CC[C@@H]4C(=O)N(CCCC(=O)O)C(=O)[C@@H]42)[C@@H]3c2c(O)cccc2OC)cc1. The Morgan fingerprint density at radius 3 is 2.38 bits per heavy atom. The summed E-state index contributed by atoms with van der Waals surface area (Å²) >= 11 is 12.7. The number of hydrogen-bond acceptors (Lipinski definition) is 9. The number of hydrazine groups is 1. The van der Waals surface area contributed by atoms with Gasteiger partial charge in [-0.25, -0.2) is 0 Å². The van der Waals surface area contributed by atoms with Crippen LogP contribution in [-0.2, 0) is 29.4 Å². The van der Waals surface area contributed by atoms with Crippen LogP contribution in [0.4, 0.5) is 5.69 Å². The standard InChI is InChI=1S/C38H35Cl2N3O9/c1-51-21-11-8-19(9-12-21)38-25(35(48)43(37(38)50)41-27-15-10-20(39)17-26(27)40)18-24-22(33(38)32-28(44)5-3-6-29(32)52-2)13-14-23-31(24)36(49)42(34(23)47)16-4-7-30(45)46/h3,5-6,8-13,15,17,23-25,31,33,41,44H,4,7,14,16,18H2,1-2H3,(H,45,46)/t23-,24+,25-,31-,33+,38+/m0/s1. The van der Waals surface area contributed by atoms with E-state index in [0.717, 1.165) is 9.91 Å². The Balaban J connectivity index is 1.44. The molecule has 4 aliphatic rings. The smallest absolute Gasteiger partial charge is 0.303 e. The maximum absolute atomic E-state index is 15.4. The Labute approximate surface area is 308 Å². The number of nitrogens with one attached hydrogen (secondary N) is 1. The number of allylic oxidation sites excluding steroid dienone is 2. The van der Waals surface area contributed by atoms with Gasteiger partial charge in [-0.15, -0.1) is 0 Å². The molecule has 0 spiro atoms. The van der Waals surface area contributed by atoms with Crippen molar-refractivity contribution in [2.75, 3.05) is 26.2 Å². The van der Waals surface area contributed by atoms with Gasteiger partial charge < -0.3 is 19.7 Å². The molecular formula is C38H35Cl2N3O9. The van der Waals surface area contributed by atoms with E-state index in [1.54, 1.807) is 48.5 Å². The number of rotatable bonds is 10. The number of halogens is 2. The number of ether oxygens (including phenoxy) is 2. The second-order valence-corrected chi connectivity index (χ2v) is 14.3. The highest BCUT2D eigenvalue weighted by molar-refractivity contribution is 6.36. The lowest BCUT2D eigenvalue weighted by molar-refractivity contribution is -0.142. The number of fused-ring (bicyclic) bond motifs is 4. The predicted octanol–water partition coefficient (Wildman–Crippen LogP) is 5.57. The molecule has 3 aromatic carbocycles. The summed E-state index contributed by atoms with van der Waals surface area (Å²) in [5.74, 6) is -6.97. The molecule has 3 N–H and O–H groups in total. The maximum atomic E-state index is 15.4. The largest absolute Gasteiger partial charge is 0.508 e. The van der Waals surface area contributed by atoms with Crippen LogP contribution in [0.15, 0.2) is 72.3 Å². The summed E-state index contributed by atoms with van der Waals surface area (Å²) < 4.78 is 11.2. The zero-order valence-electron chi connectivity index (χ0n) is 28.2. The van der Waals surface area contributed by atoms with E-state index in [9.17, 15) is 29.4 Å². The van der Waals surface area contributed by atoms with Gasteiger partial charge in [0.1, 0.15) is 17.2 Å². The zero-order chi connectivity index (χ0) is 37.1. The quantitative estimate of drug-likeness (QED) is 0.177. The number of carbonyl (C=O) groups excluding carboxylic acids is 4. The van der Waals surface area contributed by atoms with E-state index in [1.807, 2.05) is 6.08 Å². The van der Waals surface area contributed by atoms with Crippen LogP contribution in [0.1, 0.15) is 42.7 Å². The third kappa shape index (κ3) is 5.38. The molecule has 6 atom stereocenters. The van der Waals surface area contributed by atoms with Crippen molar-refractivity contribution in [1.29, 1.82) is 0 Å². The lowest BCUT2D eigenvalue weighted by Crippen LogP contribution is -2.53. The van der Waals surface area contributed by atoms with Crippen LogP contribution in [0.25, 0.3) is 0 Å². The van der Waals surface area contributed by atoms with Gasteiger partial charge in [0.05, 0.1) is 48.1 Å². The van der Waals surface area contributed by atoms with Crippen LogP contribution in [0.3, 0.4) is 0 Å². The number of phenolic OH excluding ortho intramolecular Hbond substituents is 1. The number of hydrogen-bond donors (Lipinski definition) is 3. The Hall–Kier alpha value is -5.07. The number of anilines is 1. The number of carbonyl (C=O) groups is 5. The summed E-state index contributed by atoms with van der Waals surface area (Å²) in [6, 6.07) is 16.1. The summed E-state index contributed by atoms with van der Waals surface area (Å²) in [6.07, 6.45) is 1.93. The number of benzene rings is 3. The summed E-state index contributed by atoms with van der Waals surface area (Å²) in [5.41, 5.74) is 2.83. The third-order valence-corrected chi connectivity index (χ3v) is 11.5. The van der Waals surface area contributed by atoms with E-state index in [-0.39, 0.29) is 60.0 Å². The van der Waals surface area contributed by atoms with Gasteiger partial charge in [0.2, 0.25) is 11.8 Å². The number of amides is 4. The predicted molar refractivity (Wildman–Crippen MR) is 189 cm³/mol. The minimum atomic E-state index is -1.69. The Bertz CT molecular complexity index is 2040. The maximum Gasteiger partial charge on any atom is 0.303 e. The molecule has 3 aromatic rings. The normalized spacial score (nSPS) is 26.5. The number of carboxylic acid groups (broad SMARTS) is 1. The number of aromatic hydroxyl groups is 1. The number of imide groups is 2. The lowest BCUT2D eigenvalue weighted by Gasteiger charge is -2.50. The van der Waals surface area contributed by atoms with Crippen LogP contribution in [0, 0.1) is 23.7 Å². The molecule has 52 heavy (non-hydrogen) atoms. The molecule has 0 unspecified atom stereocenters. The highest BCUT2D eigenvalue weighted by Gasteiger charge is 2.71. The second kappa shape index (κ2) is 13.5. The highest BCUT2D eigenvalue weighted by Crippen LogP contribution is 2.66. The first-order valence-electron chi connectivity index (χ1n) is 16.8. The van der Waals surface area contributed by atoms with Gasteiger partial charge in [0.25, 0.3) is 11.8 Å². The van der Waals surface area contributed by atoms with Crippen molar-refractivity contribution in [3.8, 4) is 17.2 Å². The Morgan fingerprint density at radius 1 is 0.962 bits per heavy atom. The second-order valence-electron chi connectivity index (χ2n) is 13.4. The van der Waals surface area contributed by atoms with E-state index in [4.69, 9.17) is 32.7 Å². The number of aliphatic carboxylic acids is 1. The topological polar surface area (TPSA) is 163 Å².